The summed E-state index contributed by atoms with van der Waals surface area (Å²) in [6.07, 6.45) is 4.87. The van der Waals surface area contributed by atoms with Crippen molar-refractivity contribution in [1.29, 1.82) is 0 Å². The zero-order valence-corrected chi connectivity index (χ0v) is 11.4. The normalized spacial score (nSPS) is 15.6. The first-order valence-electron chi connectivity index (χ1n) is 6.10. The van der Waals surface area contributed by atoms with E-state index < -0.39 is 0 Å². The molecule has 1 aromatic carbocycles. The van der Waals surface area contributed by atoms with Crippen LogP contribution >= 0.6 is 15.9 Å². The van der Waals surface area contributed by atoms with E-state index in [1.54, 1.807) is 0 Å². The van der Waals surface area contributed by atoms with Gasteiger partial charge in [-0.05, 0) is 42.4 Å². The Hall–Kier alpha value is -0.500. The van der Waals surface area contributed by atoms with E-state index in [1.165, 1.54) is 30.4 Å². The van der Waals surface area contributed by atoms with Gasteiger partial charge < -0.3 is 4.74 Å². The van der Waals surface area contributed by atoms with Crippen molar-refractivity contribution in [3.8, 4) is 5.75 Å². The Morgan fingerprint density at radius 1 is 1.44 bits per heavy atom. The minimum Gasteiger partial charge on any atom is -0.493 e. The number of benzene rings is 1. The molecule has 88 valence electrons. The van der Waals surface area contributed by atoms with Crippen molar-refractivity contribution in [1.82, 2.24) is 0 Å². The van der Waals surface area contributed by atoms with Gasteiger partial charge in [-0.15, -0.1) is 0 Å². The van der Waals surface area contributed by atoms with E-state index in [1.807, 2.05) is 0 Å². The smallest absolute Gasteiger partial charge is 0.122 e. The molecule has 0 radical (unpaired) electrons. The van der Waals surface area contributed by atoms with Crippen LogP contribution in [0.3, 0.4) is 0 Å². The molecule has 1 heterocycles. The van der Waals surface area contributed by atoms with Gasteiger partial charge in [0.05, 0.1) is 6.61 Å². The zero-order valence-electron chi connectivity index (χ0n) is 9.84. The highest BCUT2D eigenvalue weighted by Gasteiger charge is 2.11. The van der Waals surface area contributed by atoms with E-state index in [0.29, 0.717) is 0 Å². The van der Waals surface area contributed by atoms with E-state index in [2.05, 4.69) is 41.1 Å². The molecular weight excluding hydrogens is 264 g/mol. The van der Waals surface area contributed by atoms with Crippen molar-refractivity contribution in [3.05, 3.63) is 29.3 Å². The molecule has 0 saturated heterocycles. The van der Waals surface area contributed by atoms with Crippen LogP contribution in [0, 0.1) is 5.92 Å². The highest BCUT2D eigenvalue weighted by Crippen LogP contribution is 2.26. The molecule has 0 N–H and O–H groups in total. The van der Waals surface area contributed by atoms with Crippen LogP contribution in [-0.2, 0) is 12.8 Å². The van der Waals surface area contributed by atoms with Crippen molar-refractivity contribution in [2.24, 2.45) is 5.92 Å². The molecule has 16 heavy (non-hydrogen) atoms. The van der Waals surface area contributed by atoms with Gasteiger partial charge in [-0.1, -0.05) is 35.0 Å². The van der Waals surface area contributed by atoms with Gasteiger partial charge in [0.2, 0.25) is 0 Å². The zero-order chi connectivity index (χ0) is 11.4. The van der Waals surface area contributed by atoms with Crippen molar-refractivity contribution in [3.63, 3.8) is 0 Å². The lowest BCUT2D eigenvalue weighted by atomic mass is 10.0. The molecule has 1 aliphatic heterocycles. The van der Waals surface area contributed by atoms with Gasteiger partial charge in [-0.3, -0.25) is 0 Å². The molecule has 0 saturated carbocycles. The second-order valence-corrected chi connectivity index (χ2v) is 5.34. The van der Waals surface area contributed by atoms with E-state index in [0.717, 1.165) is 30.0 Å². The third-order valence-corrected chi connectivity index (χ3v) is 4.28. The maximum atomic E-state index is 5.51. The number of hydrogen-bond acceptors (Lipinski definition) is 1. The summed E-state index contributed by atoms with van der Waals surface area (Å²) in [4.78, 5) is 0. The Labute approximate surface area is 106 Å². The molecule has 1 aromatic rings. The van der Waals surface area contributed by atoms with Crippen molar-refractivity contribution < 1.29 is 4.74 Å². The fraction of sp³-hybridized carbons (Fsp3) is 0.571. The van der Waals surface area contributed by atoms with Crippen molar-refractivity contribution in [2.45, 2.75) is 32.6 Å². The fourth-order valence-electron chi connectivity index (χ4n) is 2.13. The summed E-state index contributed by atoms with van der Waals surface area (Å²) >= 11 is 3.53. The predicted molar refractivity (Wildman–Crippen MR) is 71.5 cm³/mol. The van der Waals surface area contributed by atoms with Gasteiger partial charge in [0.15, 0.2) is 0 Å². The predicted octanol–water partition coefficient (Wildman–Crippen LogP) is 3.98. The second kappa shape index (κ2) is 5.72. The third kappa shape index (κ3) is 3.00. The summed E-state index contributed by atoms with van der Waals surface area (Å²) in [7, 11) is 0. The first-order chi connectivity index (χ1) is 7.79. The number of hydrogen-bond donors (Lipinski definition) is 0. The fourth-order valence-corrected chi connectivity index (χ4v) is 2.45. The van der Waals surface area contributed by atoms with Crippen LogP contribution in [0.25, 0.3) is 0 Å². The van der Waals surface area contributed by atoms with Crippen LogP contribution in [0.1, 0.15) is 30.9 Å². The maximum absolute atomic E-state index is 5.51. The van der Waals surface area contributed by atoms with E-state index in [9.17, 15) is 0 Å². The van der Waals surface area contributed by atoms with Crippen LogP contribution in [0.2, 0.25) is 0 Å². The number of halogens is 1. The molecule has 0 aromatic heterocycles. The van der Waals surface area contributed by atoms with Crippen LogP contribution in [0.5, 0.6) is 5.75 Å². The van der Waals surface area contributed by atoms with E-state index in [-0.39, 0.29) is 0 Å². The minimum atomic E-state index is 0.790. The van der Waals surface area contributed by atoms with Gasteiger partial charge >= 0.3 is 0 Å². The lowest BCUT2D eigenvalue weighted by Gasteiger charge is -2.07. The number of aryl methyl sites for hydroxylation is 1. The van der Waals surface area contributed by atoms with Crippen molar-refractivity contribution >= 4 is 15.9 Å². The average Bonchev–Trinajstić information content (AvgIpc) is 2.76. The average molecular weight is 283 g/mol. The summed E-state index contributed by atoms with van der Waals surface area (Å²) < 4.78 is 5.51. The SMILES string of the molecule is CC(CBr)CCCc1ccc2c(c1)CCO2. The molecule has 0 aliphatic carbocycles. The van der Waals surface area contributed by atoms with Crippen LogP contribution in [0.15, 0.2) is 18.2 Å². The number of fused-ring (bicyclic) bond motifs is 1. The Morgan fingerprint density at radius 2 is 2.31 bits per heavy atom. The number of ether oxygens (including phenoxy) is 1. The third-order valence-electron chi connectivity index (χ3n) is 3.18. The van der Waals surface area contributed by atoms with E-state index >= 15 is 0 Å². The molecule has 0 amide bonds. The molecule has 1 nitrogen and oxygen atoms in total. The number of rotatable bonds is 5. The molecular formula is C14H19BrO. The van der Waals surface area contributed by atoms with Gasteiger partial charge in [0.25, 0.3) is 0 Å². The van der Waals surface area contributed by atoms with Crippen LogP contribution in [-0.4, -0.2) is 11.9 Å². The van der Waals surface area contributed by atoms with Gasteiger partial charge in [-0.2, -0.15) is 0 Å². The topological polar surface area (TPSA) is 9.23 Å². The molecule has 0 fully saturated rings. The maximum Gasteiger partial charge on any atom is 0.122 e. The highest BCUT2D eigenvalue weighted by atomic mass is 79.9. The van der Waals surface area contributed by atoms with E-state index in [4.69, 9.17) is 4.74 Å². The van der Waals surface area contributed by atoms with Gasteiger partial charge in [0, 0.05) is 11.8 Å². The second-order valence-electron chi connectivity index (χ2n) is 4.69. The Morgan fingerprint density at radius 3 is 3.12 bits per heavy atom. The van der Waals surface area contributed by atoms with Gasteiger partial charge in [-0.25, -0.2) is 0 Å². The molecule has 0 spiro atoms. The molecule has 1 aliphatic rings. The summed E-state index contributed by atoms with van der Waals surface area (Å²) in [5, 5.41) is 1.12. The largest absolute Gasteiger partial charge is 0.493 e. The Bertz CT molecular complexity index is 349. The summed E-state index contributed by atoms with van der Waals surface area (Å²) in [5.74, 6) is 1.88. The van der Waals surface area contributed by atoms with Crippen molar-refractivity contribution in [2.75, 3.05) is 11.9 Å². The Kier molecular flexibility index (Phi) is 4.28. The molecule has 0 bridgehead atoms. The summed E-state index contributed by atoms with van der Waals surface area (Å²) in [5.41, 5.74) is 2.86. The lowest BCUT2D eigenvalue weighted by Crippen LogP contribution is -1.97. The number of alkyl halides is 1. The highest BCUT2D eigenvalue weighted by molar-refractivity contribution is 9.09. The van der Waals surface area contributed by atoms with Crippen LogP contribution in [0.4, 0.5) is 0 Å². The standard InChI is InChI=1S/C14H19BrO/c1-11(10-15)3-2-4-12-5-6-14-13(9-12)7-8-16-14/h5-6,9,11H,2-4,7-8,10H2,1H3. The first-order valence-corrected chi connectivity index (χ1v) is 7.22. The monoisotopic (exact) mass is 282 g/mol. The Balaban J connectivity index is 1.86. The van der Waals surface area contributed by atoms with Gasteiger partial charge in [0.1, 0.15) is 5.75 Å². The minimum absolute atomic E-state index is 0.790. The first kappa shape index (κ1) is 12.0. The molecule has 2 heteroatoms. The molecule has 1 atom stereocenters. The molecule has 2 rings (SSSR count). The lowest BCUT2D eigenvalue weighted by molar-refractivity contribution is 0.357. The molecule has 1 unspecified atom stereocenters. The quantitative estimate of drug-likeness (QED) is 0.743. The summed E-state index contributed by atoms with van der Waals surface area (Å²) in [6, 6.07) is 6.66. The summed E-state index contributed by atoms with van der Waals surface area (Å²) in [6.45, 7) is 3.16. The van der Waals surface area contributed by atoms with Crippen LogP contribution < -0.4 is 4.74 Å².